The zero-order valence-corrected chi connectivity index (χ0v) is 8.11. The third-order valence-electron chi connectivity index (χ3n) is 2.12. The fourth-order valence-electron chi connectivity index (χ4n) is 1.17. The number of carbonyl (C=O) groups excluding carboxylic acids is 1. The zero-order chi connectivity index (χ0) is 12.6. The van der Waals surface area contributed by atoms with Crippen molar-refractivity contribution >= 4 is 6.29 Å². The van der Waals surface area contributed by atoms with Crippen LogP contribution in [0.4, 0.5) is 22.0 Å². The number of hydrogen-bond donors (Lipinski definition) is 0. The van der Waals surface area contributed by atoms with Gasteiger partial charge in [0.05, 0.1) is 0 Å². The van der Waals surface area contributed by atoms with E-state index >= 15 is 0 Å². The molecule has 0 heterocycles. The molecule has 0 atom stereocenters. The fourth-order valence-corrected chi connectivity index (χ4v) is 1.17. The monoisotopic (exact) mass is 238 g/mol. The Hall–Kier alpha value is -1.46. The van der Waals surface area contributed by atoms with E-state index in [1.54, 1.807) is 0 Å². The number of alkyl halides is 5. The zero-order valence-electron chi connectivity index (χ0n) is 8.11. The fraction of sp³-hybridized carbons (Fsp3) is 0.300. The number of rotatable bonds is 2. The van der Waals surface area contributed by atoms with Crippen molar-refractivity contribution in [3.05, 3.63) is 34.9 Å². The van der Waals surface area contributed by atoms with Gasteiger partial charge in [-0.1, -0.05) is 12.1 Å². The predicted octanol–water partition coefficient (Wildman–Crippen LogP) is 3.46. The highest BCUT2D eigenvalue weighted by atomic mass is 19.4. The number of aryl methyl sites for hydroxylation is 1. The smallest absolute Gasteiger partial charge is 0.298 e. The van der Waals surface area contributed by atoms with Gasteiger partial charge in [0.25, 0.3) is 0 Å². The summed E-state index contributed by atoms with van der Waals surface area (Å²) >= 11 is 0. The molecule has 0 radical (unpaired) electrons. The van der Waals surface area contributed by atoms with Gasteiger partial charge in [-0.25, -0.2) is 0 Å². The molecule has 1 aromatic carbocycles. The summed E-state index contributed by atoms with van der Waals surface area (Å²) in [6, 6.07) is 2.21. The average molecular weight is 238 g/mol. The molecule has 0 aliphatic rings. The van der Waals surface area contributed by atoms with Crippen molar-refractivity contribution in [3.8, 4) is 0 Å². The first kappa shape index (κ1) is 12.6. The van der Waals surface area contributed by atoms with Crippen molar-refractivity contribution in [2.75, 3.05) is 0 Å². The average Bonchev–Trinajstić information content (AvgIpc) is 2.15. The van der Waals surface area contributed by atoms with E-state index in [9.17, 15) is 26.7 Å². The quantitative estimate of drug-likeness (QED) is 0.569. The minimum absolute atomic E-state index is 0.0800. The third-order valence-corrected chi connectivity index (χ3v) is 2.12. The Kier molecular flexibility index (Phi) is 3.03. The van der Waals surface area contributed by atoms with E-state index < -0.39 is 17.7 Å². The molecule has 0 aliphatic heterocycles. The SMILES string of the molecule is Cc1cc(C(F)(F)C(F)(F)F)ccc1C=O. The number of benzene rings is 1. The molecule has 0 aliphatic carbocycles. The van der Waals surface area contributed by atoms with E-state index in [-0.39, 0.29) is 11.1 Å². The lowest BCUT2D eigenvalue weighted by Crippen LogP contribution is -2.33. The van der Waals surface area contributed by atoms with E-state index in [2.05, 4.69) is 0 Å². The van der Waals surface area contributed by atoms with Crippen LogP contribution in [-0.2, 0) is 5.92 Å². The van der Waals surface area contributed by atoms with Crippen LogP contribution in [-0.4, -0.2) is 12.5 Å². The maximum atomic E-state index is 12.9. The molecule has 1 aromatic rings. The van der Waals surface area contributed by atoms with Crippen LogP contribution in [0.2, 0.25) is 0 Å². The van der Waals surface area contributed by atoms with Gasteiger partial charge in [0.15, 0.2) is 0 Å². The normalized spacial score (nSPS) is 12.6. The second-order valence-electron chi connectivity index (χ2n) is 3.26. The Morgan fingerprint density at radius 1 is 1.12 bits per heavy atom. The molecule has 0 bridgehead atoms. The van der Waals surface area contributed by atoms with Crippen LogP contribution in [0.25, 0.3) is 0 Å². The summed E-state index contributed by atoms with van der Waals surface area (Å²) in [7, 11) is 0. The van der Waals surface area contributed by atoms with Crippen molar-refractivity contribution in [2.24, 2.45) is 0 Å². The van der Waals surface area contributed by atoms with Gasteiger partial charge in [-0.15, -0.1) is 0 Å². The summed E-state index contributed by atoms with van der Waals surface area (Å²) in [4.78, 5) is 10.4. The van der Waals surface area contributed by atoms with Crippen molar-refractivity contribution in [2.45, 2.75) is 19.0 Å². The molecule has 0 saturated carbocycles. The van der Waals surface area contributed by atoms with Gasteiger partial charge in [-0.3, -0.25) is 4.79 Å². The van der Waals surface area contributed by atoms with Crippen LogP contribution in [0, 0.1) is 6.92 Å². The van der Waals surface area contributed by atoms with Crippen LogP contribution < -0.4 is 0 Å². The number of hydrogen-bond acceptors (Lipinski definition) is 1. The lowest BCUT2D eigenvalue weighted by molar-refractivity contribution is -0.289. The number of carbonyl (C=O) groups is 1. The molecule has 1 rings (SSSR count). The summed E-state index contributed by atoms with van der Waals surface area (Å²) < 4.78 is 61.8. The number of halogens is 5. The van der Waals surface area contributed by atoms with Gasteiger partial charge < -0.3 is 0 Å². The van der Waals surface area contributed by atoms with Gasteiger partial charge >= 0.3 is 12.1 Å². The van der Waals surface area contributed by atoms with E-state index in [0.29, 0.717) is 18.4 Å². The van der Waals surface area contributed by atoms with Crippen molar-refractivity contribution < 1.29 is 26.7 Å². The first-order valence-corrected chi connectivity index (χ1v) is 4.21. The van der Waals surface area contributed by atoms with E-state index in [0.717, 1.165) is 6.07 Å². The minimum Gasteiger partial charge on any atom is -0.298 e. The Morgan fingerprint density at radius 3 is 2.06 bits per heavy atom. The molecule has 16 heavy (non-hydrogen) atoms. The van der Waals surface area contributed by atoms with Crippen LogP contribution in [0.5, 0.6) is 0 Å². The molecular weight excluding hydrogens is 231 g/mol. The summed E-state index contributed by atoms with van der Waals surface area (Å²) in [6.07, 6.45) is -5.24. The Balaban J connectivity index is 3.25. The lowest BCUT2D eigenvalue weighted by Gasteiger charge is -2.20. The second kappa shape index (κ2) is 3.84. The van der Waals surface area contributed by atoms with E-state index in [1.165, 1.54) is 6.92 Å². The maximum absolute atomic E-state index is 12.9. The van der Waals surface area contributed by atoms with E-state index in [1.807, 2.05) is 0 Å². The van der Waals surface area contributed by atoms with Crippen molar-refractivity contribution in [1.82, 2.24) is 0 Å². The summed E-state index contributed by atoms with van der Waals surface area (Å²) in [5.74, 6) is -4.90. The molecule has 88 valence electrons. The Bertz CT molecular complexity index is 408. The van der Waals surface area contributed by atoms with Gasteiger partial charge in [0, 0.05) is 11.1 Å². The Morgan fingerprint density at radius 2 is 1.69 bits per heavy atom. The third kappa shape index (κ3) is 2.05. The van der Waals surface area contributed by atoms with Crippen LogP contribution in [0.15, 0.2) is 18.2 Å². The molecular formula is C10H7F5O. The van der Waals surface area contributed by atoms with Crippen molar-refractivity contribution in [3.63, 3.8) is 0 Å². The molecule has 0 spiro atoms. The largest absolute Gasteiger partial charge is 0.458 e. The molecule has 0 unspecified atom stereocenters. The van der Waals surface area contributed by atoms with Gasteiger partial charge in [-0.2, -0.15) is 22.0 Å². The molecule has 0 N–H and O–H groups in total. The van der Waals surface area contributed by atoms with Crippen molar-refractivity contribution in [1.29, 1.82) is 0 Å². The highest BCUT2D eigenvalue weighted by Crippen LogP contribution is 2.43. The molecule has 0 aromatic heterocycles. The van der Waals surface area contributed by atoms with E-state index in [4.69, 9.17) is 0 Å². The first-order valence-electron chi connectivity index (χ1n) is 4.21. The highest BCUT2D eigenvalue weighted by Gasteiger charge is 2.58. The van der Waals surface area contributed by atoms with Crippen LogP contribution in [0.3, 0.4) is 0 Å². The maximum Gasteiger partial charge on any atom is 0.458 e. The highest BCUT2D eigenvalue weighted by molar-refractivity contribution is 5.77. The topological polar surface area (TPSA) is 17.1 Å². The summed E-state index contributed by atoms with van der Waals surface area (Å²) in [5.41, 5.74) is -0.999. The summed E-state index contributed by atoms with van der Waals surface area (Å²) in [5, 5.41) is 0. The van der Waals surface area contributed by atoms with Gasteiger partial charge in [0.1, 0.15) is 6.29 Å². The molecule has 0 fully saturated rings. The Labute approximate surface area is 87.9 Å². The standard InChI is InChI=1S/C10H7F5O/c1-6-4-8(3-2-7(6)5-16)9(11,12)10(13,14)15/h2-5H,1H3. The molecule has 6 heteroatoms. The molecule has 0 saturated heterocycles. The predicted molar refractivity (Wildman–Crippen MR) is 46.5 cm³/mol. The first-order chi connectivity index (χ1) is 7.20. The van der Waals surface area contributed by atoms with Gasteiger partial charge in [-0.05, 0) is 18.6 Å². The summed E-state index contributed by atoms with van der Waals surface area (Å²) in [6.45, 7) is 1.29. The lowest BCUT2D eigenvalue weighted by atomic mass is 10.0. The molecule has 1 nitrogen and oxygen atoms in total. The number of aldehydes is 1. The minimum atomic E-state index is -5.64. The van der Waals surface area contributed by atoms with Crippen LogP contribution >= 0.6 is 0 Å². The van der Waals surface area contributed by atoms with Crippen LogP contribution in [0.1, 0.15) is 21.5 Å². The second-order valence-corrected chi connectivity index (χ2v) is 3.26. The van der Waals surface area contributed by atoms with Gasteiger partial charge in [0.2, 0.25) is 0 Å². The molecule has 0 amide bonds.